The first-order valence-corrected chi connectivity index (χ1v) is 5.73. The van der Waals surface area contributed by atoms with Crippen molar-refractivity contribution in [2.24, 2.45) is 0 Å². The van der Waals surface area contributed by atoms with Crippen molar-refractivity contribution in [3.05, 3.63) is 54.1 Å². The van der Waals surface area contributed by atoms with Gasteiger partial charge in [-0.15, -0.1) is 0 Å². The van der Waals surface area contributed by atoms with Gasteiger partial charge in [0.2, 0.25) is 0 Å². The molecule has 8 heteroatoms. The van der Waals surface area contributed by atoms with Gasteiger partial charge >= 0.3 is 26.2 Å². The summed E-state index contributed by atoms with van der Waals surface area (Å²) in [4.78, 5) is 29.1. The maximum Gasteiger partial charge on any atom is 3.00 e. The number of aromatic carboxylic acids is 1. The number of hydrogen-bond acceptors (Lipinski definition) is 7. The van der Waals surface area contributed by atoms with Crippen molar-refractivity contribution >= 4 is 44.1 Å². The van der Waals surface area contributed by atoms with E-state index in [1.807, 2.05) is 0 Å². The van der Waals surface area contributed by atoms with Gasteiger partial charge in [0.25, 0.3) is 0 Å². The van der Waals surface area contributed by atoms with Crippen LogP contribution in [0, 0.1) is 0 Å². The Kier molecular flexibility index (Phi) is 15.1. The van der Waals surface area contributed by atoms with Gasteiger partial charge in [0.05, 0.1) is 17.9 Å². The normalized spacial score (nSPS) is 7.91. The average molecular weight is 516 g/mol. The van der Waals surface area contributed by atoms with Gasteiger partial charge in [-0.25, -0.2) is 0 Å². The van der Waals surface area contributed by atoms with Crippen molar-refractivity contribution in [2.75, 3.05) is 0 Å². The Balaban J connectivity index is -0.000000271. The van der Waals surface area contributed by atoms with E-state index in [2.05, 4.69) is 13.2 Å². The minimum atomic E-state index is -1.36. The molecule has 0 saturated heterocycles. The van der Waals surface area contributed by atoms with E-state index in [0.717, 1.165) is 0 Å². The average Bonchev–Trinajstić information content (AvgIpc) is 2.40. The van der Waals surface area contributed by atoms with Crippen LogP contribution in [0.1, 0.15) is 24.2 Å². The van der Waals surface area contributed by atoms with E-state index in [9.17, 15) is 29.7 Å². The zero-order valence-corrected chi connectivity index (χ0v) is 16.0. The molecule has 1 rings (SSSR count). The first-order valence-electron chi connectivity index (χ1n) is 5.73. The van der Waals surface area contributed by atoms with Crippen molar-refractivity contribution in [1.82, 2.24) is 0 Å². The van der Waals surface area contributed by atoms with Crippen LogP contribution in [-0.4, -0.2) is 49.2 Å². The molecule has 1 N–H and O–H groups in total. The Morgan fingerprint density at radius 3 is 1.39 bits per heavy atom. The Labute approximate surface area is 152 Å². The molecule has 0 spiro atoms. The number of rotatable bonds is 3. The van der Waals surface area contributed by atoms with E-state index >= 15 is 0 Å². The fourth-order valence-electron chi connectivity index (χ4n) is 0.646. The summed E-state index contributed by atoms with van der Waals surface area (Å²) in [6, 6.07) is 5.64. The number of carbonyl (C=O) groups excluding carboxylic acids is 3. The van der Waals surface area contributed by atoms with Gasteiger partial charge in [0.15, 0.2) is 0 Å². The van der Waals surface area contributed by atoms with Gasteiger partial charge in [-0.05, 0) is 37.1 Å². The van der Waals surface area contributed by atoms with E-state index < -0.39 is 17.9 Å². The summed E-state index contributed by atoms with van der Waals surface area (Å²) in [6.45, 7) is 8.95. The number of hydrogen-bond donors (Lipinski definition) is 1. The number of aromatic hydroxyl groups is 1. The van der Waals surface area contributed by atoms with E-state index in [4.69, 9.17) is 5.11 Å². The molecule has 0 heterocycles. The predicted molar refractivity (Wildman–Crippen MR) is 77.8 cm³/mol. The molecule has 23 heavy (non-hydrogen) atoms. The van der Waals surface area contributed by atoms with Crippen LogP contribution < -0.4 is 15.3 Å². The zero-order chi connectivity index (χ0) is 17.9. The molecule has 122 valence electrons. The summed E-state index contributed by atoms with van der Waals surface area (Å²) in [5.74, 6) is -3.99. The van der Waals surface area contributed by atoms with Gasteiger partial charge in [-0.2, -0.15) is 0 Å². The number of aliphatic carboxylic acids is 2. The third-order valence-electron chi connectivity index (χ3n) is 1.82. The molecule has 0 fully saturated rings. The van der Waals surface area contributed by atoms with Gasteiger partial charge in [-0.1, -0.05) is 25.3 Å². The second-order valence-corrected chi connectivity index (χ2v) is 3.94. The molecule has 0 aromatic heterocycles. The molecule has 0 aliphatic carbocycles. The molecule has 0 aliphatic rings. The summed E-state index contributed by atoms with van der Waals surface area (Å²) in [6.07, 6.45) is 0. The predicted octanol–water partition coefficient (Wildman–Crippen LogP) is -2.00. The molecule has 0 amide bonds. The first-order chi connectivity index (χ1) is 10.0. The largest absolute Gasteiger partial charge is 3.00 e. The van der Waals surface area contributed by atoms with Crippen molar-refractivity contribution in [1.29, 1.82) is 0 Å². The molecular formula is C15H15BiO7. The van der Waals surface area contributed by atoms with Gasteiger partial charge in [-0.3, -0.25) is 0 Å². The van der Waals surface area contributed by atoms with E-state index in [-0.39, 0.29) is 48.7 Å². The fraction of sp³-hybridized carbons (Fsp3) is 0.133. The minimum absolute atomic E-state index is 0. The number of carbonyl (C=O) groups is 3. The Morgan fingerprint density at radius 2 is 1.22 bits per heavy atom. The maximum absolute atomic E-state index is 10.2. The van der Waals surface area contributed by atoms with Gasteiger partial charge in [0, 0.05) is 5.56 Å². The molecule has 2 radical (unpaired) electrons. The SMILES string of the molecule is C=C(C)C(=O)[O-].C=C(C)C(=O)[O-].O=C([O-])c1ccccc1O.[Bi+3]. The van der Waals surface area contributed by atoms with Crippen LogP contribution in [0.15, 0.2) is 48.6 Å². The van der Waals surface area contributed by atoms with Crippen molar-refractivity contribution < 1.29 is 34.8 Å². The molecule has 7 nitrogen and oxygen atoms in total. The topological polar surface area (TPSA) is 141 Å². The summed E-state index contributed by atoms with van der Waals surface area (Å²) in [5, 5.41) is 38.0. The number of carboxylic acid groups (broad SMARTS) is 3. The second kappa shape index (κ2) is 13.5. The minimum Gasteiger partial charge on any atom is -0.545 e. The Bertz CT molecular complexity index is 531. The quantitative estimate of drug-likeness (QED) is 0.362. The van der Waals surface area contributed by atoms with E-state index in [0.29, 0.717) is 0 Å². The molecule has 0 aliphatic heterocycles. The van der Waals surface area contributed by atoms with E-state index in [1.54, 1.807) is 6.07 Å². The summed E-state index contributed by atoms with van der Waals surface area (Å²) >= 11 is 0. The third kappa shape index (κ3) is 14.5. The van der Waals surface area contributed by atoms with Crippen LogP contribution in [0.5, 0.6) is 5.75 Å². The molecule has 1 aromatic carbocycles. The number of phenols is 1. The number of benzene rings is 1. The first kappa shape index (κ1) is 25.7. The zero-order valence-electron chi connectivity index (χ0n) is 12.6. The summed E-state index contributed by atoms with van der Waals surface area (Å²) < 4.78 is 0. The smallest absolute Gasteiger partial charge is 0.545 e. The van der Waals surface area contributed by atoms with Crippen LogP contribution >= 0.6 is 0 Å². The Morgan fingerprint density at radius 1 is 0.913 bits per heavy atom. The maximum atomic E-state index is 10.2. The molecule has 0 bridgehead atoms. The van der Waals surface area contributed by atoms with Crippen LogP contribution in [0.4, 0.5) is 0 Å². The van der Waals surface area contributed by atoms with E-state index in [1.165, 1.54) is 32.0 Å². The van der Waals surface area contributed by atoms with Crippen LogP contribution in [-0.2, 0) is 9.59 Å². The second-order valence-electron chi connectivity index (χ2n) is 3.94. The third-order valence-corrected chi connectivity index (χ3v) is 1.82. The van der Waals surface area contributed by atoms with Crippen molar-refractivity contribution in [2.45, 2.75) is 13.8 Å². The van der Waals surface area contributed by atoms with Crippen LogP contribution in [0.3, 0.4) is 0 Å². The molecule has 0 unspecified atom stereocenters. The summed E-state index contributed by atoms with van der Waals surface area (Å²) in [7, 11) is 0. The standard InChI is InChI=1S/C7H6O3.2C4H6O2.Bi/c8-6-4-2-1-3-5(6)7(9)10;2*1-3(2)4(5)6;/h1-4,8H,(H,9,10);2*1H2,2H3,(H,5,6);/q;;;+3/p-3. The number of para-hydroxylation sites is 1. The van der Waals surface area contributed by atoms with Gasteiger partial charge < -0.3 is 34.8 Å². The van der Waals surface area contributed by atoms with Crippen molar-refractivity contribution in [3.63, 3.8) is 0 Å². The Hall–Kier alpha value is -2.21. The van der Waals surface area contributed by atoms with Crippen LogP contribution in [0.2, 0.25) is 0 Å². The molecular weight excluding hydrogens is 501 g/mol. The monoisotopic (exact) mass is 516 g/mol. The van der Waals surface area contributed by atoms with Gasteiger partial charge in [0.1, 0.15) is 5.75 Å². The molecule has 0 atom stereocenters. The van der Waals surface area contributed by atoms with Crippen LogP contribution in [0.25, 0.3) is 0 Å². The molecule has 1 aromatic rings. The number of carboxylic acids is 3. The fourth-order valence-corrected chi connectivity index (χ4v) is 0.646. The summed E-state index contributed by atoms with van der Waals surface area (Å²) in [5.41, 5.74) is -0.0486. The molecule has 0 saturated carbocycles. The van der Waals surface area contributed by atoms with Crippen molar-refractivity contribution in [3.8, 4) is 5.75 Å².